The van der Waals surface area contributed by atoms with E-state index in [-0.39, 0.29) is 17.1 Å². The van der Waals surface area contributed by atoms with Gasteiger partial charge >= 0.3 is 0 Å². The van der Waals surface area contributed by atoms with Gasteiger partial charge in [0, 0.05) is 18.9 Å². The van der Waals surface area contributed by atoms with Crippen molar-refractivity contribution in [2.75, 3.05) is 17.7 Å². The fraction of sp³-hybridized carbons (Fsp3) is 0.312. The normalized spacial score (nSPS) is 10.5. The van der Waals surface area contributed by atoms with Crippen molar-refractivity contribution in [3.05, 3.63) is 36.2 Å². The Labute approximate surface area is 129 Å². The summed E-state index contributed by atoms with van der Waals surface area (Å²) >= 11 is 0. The van der Waals surface area contributed by atoms with Crippen LogP contribution in [0.2, 0.25) is 0 Å². The lowest BCUT2D eigenvalue weighted by Crippen LogP contribution is -2.15. The molecule has 22 heavy (non-hydrogen) atoms. The Kier molecular flexibility index (Phi) is 4.93. The lowest BCUT2D eigenvalue weighted by atomic mass is 10.2. The fourth-order valence-corrected chi connectivity index (χ4v) is 2.06. The van der Waals surface area contributed by atoms with Crippen molar-refractivity contribution in [1.82, 2.24) is 4.57 Å². The zero-order chi connectivity index (χ0) is 16.1. The number of hydrogen-bond acceptors (Lipinski definition) is 4. The first kappa shape index (κ1) is 15.8. The molecule has 6 heteroatoms. The van der Waals surface area contributed by atoms with E-state index in [1.54, 1.807) is 31.3 Å². The fourth-order valence-electron chi connectivity index (χ4n) is 2.06. The highest BCUT2D eigenvalue weighted by Crippen LogP contribution is 2.27. The molecule has 2 aromatic rings. The van der Waals surface area contributed by atoms with Gasteiger partial charge in [-0.3, -0.25) is 4.79 Å². The summed E-state index contributed by atoms with van der Waals surface area (Å²) in [6.07, 6.45) is 3.58. The number of nitrogens with two attached hydrogens (primary N) is 1. The first-order valence-electron chi connectivity index (χ1n) is 7.21. The Morgan fingerprint density at radius 2 is 2.05 bits per heavy atom. The average molecular weight is 303 g/mol. The number of nitrogens with one attached hydrogen (secondary N) is 1. The van der Waals surface area contributed by atoms with Crippen molar-refractivity contribution >= 4 is 17.3 Å². The van der Waals surface area contributed by atoms with Gasteiger partial charge in [0.15, 0.2) is 11.4 Å². The van der Waals surface area contributed by atoms with Crippen LogP contribution in [0.15, 0.2) is 30.5 Å². The summed E-state index contributed by atoms with van der Waals surface area (Å²) in [5.41, 5.74) is 6.50. The van der Waals surface area contributed by atoms with Gasteiger partial charge in [-0.1, -0.05) is 13.3 Å². The van der Waals surface area contributed by atoms with Crippen LogP contribution in [0.5, 0.6) is 11.5 Å². The van der Waals surface area contributed by atoms with Gasteiger partial charge in [0.25, 0.3) is 5.91 Å². The summed E-state index contributed by atoms with van der Waals surface area (Å²) in [4.78, 5) is 12.2. The van der Waals surface area contributed by atoms with Crippen LogP contribution in [0.3, 0.4) is 0 Å². The second-order valence-corrected chi connectivity index (χ2v) is 5.07. The minimum atomic E-state index is -0.420. The monoisotopic (exact) mass is 303 g/mol. The molecule has 6 nitrogen and oxygen atoms in total. The van der Waals surface area contributed by atoms with Crippen LogP contribution in [0.1, 0.15) is 30.3 Å². The number of carbonyl (C=O) groups is 1. The Hall–Kier alpha value is -2.63. The van der Waals surface area contributed by atoms with Crippen LogP contribution in [0, 0.1) is 0 Å². The quantitative estimate of drug-likeness (QED) is 0.716. The van der Waals surface area contributed by atoms with E-state index in [1.807, 2.05) is 0 Å². The predicted octanol–water partition coefficient (Wildman–Crippen LogP) is 2.74. The van der Waals surface area contributed by atoms with E-state index < -0.39 is 5.91 Å². The molecule has 0 unspecified atom stereocenters. The number of aromatic hydroxyl groups is 1. The Balaban J connectivity index is 2.02. The maximum atomic E-state index is 12.2. The number of aryl methyl sites for hydroxylation is 1. The number of carbonyl (C=O) groups excluding carboxylic acids is 1. The molecular formula is C16H21N3O3. The van der Waals surface area contributed by atoms with Crippen molar-refractivity contribution in [2.45, 2.75) is 19.8 Å². The van der Waals surface area contributed by atoms with Crippen LogP contribution in [-0.2, 0) is 7.05 Å². The van der Waals surface area contributed by atoms with Crippen LogP contribution in [0.4, 0.5) is 11.4 Å². The summed E-state index contributed by atoms with van der Waals surface area (Å²) in [6, 6.07) is 7.10. The SMILES string of the molecule is CCCCOc1ccc(NC(=O)c2c(O)c(N)cn2C)cc1. The third kappa shape index (κ3) is 3.52. The molecule has 0 spiro atoms. The highest BCUT2D eigenvalue weighted by molar-refractivity contribution is 6.06. The highest BCUT2D eigenvalue weighted by Gasteiger charge is 2.18. The van der Waals surface area contributed by atoms with Crippen LogP contribution < -0.4 is 15.8 Å². The standard InChI is InChI=1S/C16H21N3O3/c1-3-4-9-22-12-7-5-11(6-8-12)18-16(21)14-15(20)13(17)10-19(14)2/h5-8,10,20H,3-4,9,17H2,1-2H3,(H,18,21). The van der Waals surface area contributed by atoms with E-state index in [9.17, 15) is 9.90 Å². The lowest BCUT2D eigenvalue weighted by molar-refractivity contribution is 0.101. The Bertz CT molecular complexity index is 647. The number of hydrogen-bond donors (Lipinski definition) is 3. The molecule has 0 aliphatic carbocycles. The zero-order valence-electron chi connectivity index (χ0n) is 12.8. The van der Waals surface area contributed by atoms with Gasteiger partial charge in [0.1, 0.15) is 5.75 Å². The molecule has 0 radical (unpaired) electrons. The van der Waals surface area contributed by atoms with E-state index >= 15 is 0 Å². The molecule has 0 atom stereocenters. The predicted molar refractivity (Wildman–Crippen MR) is 86.3 cm³/mol. The highest BCUT2D eigenvalue weighted by atomic mass is 16.5. The lowest BCUT2D eigenvalue weighted by Gasteiger charge is -2.09. The summed E-state index contributed by atoms with van der Waals surface area (Å²) in [5, 5.41) is 12.5. The summed E-state index contributed by atoms with van der Waals surface area (Å²) in [6.45, 7) is 2.78. The molecule has 2 rings (SSSR count). The molecule has 118 valence electrons. The van der Waals surface area contributed by atoms with Gasteiger partial charge < -0.3 is 25.5 Å². The Morgan fingerprint density at radius 1 is 1.36 bits per heavy atom. The number of ether oxygens (including phenoxy) is 1. The van der Waals surface area contributed by atoms with Gasteiger partial charge in [-0.25, -0.2) is 0 Å². The number of benzene rings is 1. The maximum Gasteiger partial charge on any atom is 0.276 e. The van der Waals surface area contributed by atoms with Gasteiger partial charge in [-0.05, 0) is 30.7 Å². The molecule has 0 bridgehead atoms. The van der Waals surface area contributed by atoms with Gasteiger partial charge in [0.2, 0.25) is 0 Å². The molecule has 0 fully saturated rings. The number of nitrogen functional groups attached to an aromatic ring is 1. The van der Waals surface area contributed by atoms with Crippen molar-refractivity contribution in [2.24, 2.45) is 7.05 Å². The first-order valence-corrected chi connectivity index (χ1v) is 7.21. The average Bonchev–Trinajstić information content (AvgIpc) is 2.74. The third-order valence-corrected chi connectivity index (χ3v) is 3.28. The summed E-state index contributed by atoms with van der Waals surface area (Å²) in [5.74, 6) is 0.133. The summed E-state index contributed by atoms with van der Waals surface area (Å²) in [7, 11) is 1.65. The second kappa shape index (κ2) is 6.89. The number of anilines is 2. The first-order chi connectivity index (χ1) is 10.5. The van der Waals surface area contributed by atoms with Crippen LogP contribution >= 0.6 is 0 Å². The van der Waals surface area contributed by atoms with E-state index in [2.05, 4.69) is 12.2 Å². The number of amides is 1. The molecule has 4 N–H and O–H groups in total. The van der Waals surface area contributed by atoms with Gasteiger partial charge in [-0.15, -0.1) is 0 Å². The molecule has 1 heterocycles. The third-order valence-electron chi connectivity index (χ3n) is 3.28. The molecule has 0 saturated carbocycles. The number of nitrogens with zero attached hydrogens (tertiary/aromatic N) is 1. The largest absolute Gasteiger partial charge is 0.504 e. The van der Waals surface area contributed by atoms with Gasteiger partial charge in [0.05, 0.1) is 12.3 Å². The van der Waals surface area contributed by atoms with Gasteiger partial charge in [-0.2, -0.15) is 0 Å². The molecule has 0 aliphatic rings. The van der Waals surface area contributed by atoms with E-state index in [0.29, 0.717) is 12.3 Å². The molecule has 1 aromatic carbocycles. The van der Waals surface area contributed by atoms with Crippen molar-refractivity contribution < 1.29 is 14.6 Å². The number of unbranched alkanes of at least 4 members (excludes halogenated alkanes) is 1. The molecule has 0 saturated heterocycles. The number of aromatic nitrogens is 1. The van der Waals surface area contributed by atoms with Crippen LogP contribution in [-0.4, -0.2) is 22.2 Å². The minimum Gasteiger partial charge on any atom is -0.504 e. The molecule has 1 aromatic heterocycles. The van der Waals surface area contributed by atoms with Crippen molar-refractivity contribution in [1.29, 1.82) is 0 Å². The van der Waals surface area contributed by atoms with Crippen molar-refractivity contribution in [3.63, 3.8) is 0 Å². The molecule has 0 aliphatic heterocycles. The number of rotatable bonds is 6. The van der Waals surface area contributed by atoms with E-state index in [1.165, 1.54) is 10.8 Å². The van der Waals surface area contributed by atoms with E-state index in [4.69, 9.17) is 10.5 Å². The van der Waals surface area contributed by atoms with E-state index in [0.717, 1.165) is 18.6 Å². The van der Waals surface area contributed by atoms with Crippen molar-refractivity contribution in [3.8, 4) is 11.5 Å². The smallest absolute Gasteiger partial charge is 0.276 e. The Morgan fingerprint density at radius 3 is 2.59 bits per heavy atom. The minimum absolute atomic E-state index is 0.126. The topological polar surface area (TPSA) is 89.5 Å². The van der Waals surface area contributed by atoms with Crippen LogP contribution in [0.25, 0.3) is 0 Å². The zero-order valence-corrected chi connectivity index (χ0v) is 12.8. The summed E-state index contributed by atoms with van der Waals surface area (Å²) < 4.78 is 7.05. The molecular weight excluding hydrogens is 282 g/mol. The second-order valence-electron chi connectivity index (χ2n) is 5.07. The molecule has 1 amide bonds. The maximum absolute atomic E-state index is 12.2.